The molecule has 1 atom stereocenters. The molecule has 3 N–H and O–H groups in total. The van der Waals surface area contributed by atoms with Gasteiger partial charge in [-0.05, 0) is 39.0 Å². The van der Waals surface area contributed by atoms with Crippen LogP contribution in [-0.4, -0.2) is 42.9 Å². The van der Waals surface area contributed by atoms with E-state index >= 15 is 0 Å². The Morgan fingerprint density at radius 3 is 2.29 bits per heavy atom. The highest BCUT2D eigenvalue weighted by molar-refractivity contribution is 5.75. The molecule has 0 aliphatic carbocycles. The molecule has 1 unspecified atom stereocenters. The summed E-state index contributed by atoms with van der Waals surface area (Å²) in [5.41, 5.74) is 0. The van der Waals surface area contributed by atoms with E-state index in [1.165, 1.54) is 0 Å². The maximum atomic E-state index is 11.6. The number of rotatable bonds is 11. The maximum absolute atomic E-state index is 11.6. The topological polar surface area (TPSA) is 87.7 Å². The van der Waals surface area contributed by atoms with E-state index in [0.29, 0.717) is 19.6 Å². The summed E-state index contributed by atoms with van der Waals surface area (Å²) in [6.45, 7) is 9.33. The minimum Gasteiger partial charge on any atom is -0.481 e. The summed E-state index contributed by atoms with van der Waals surface area (Å²) in [7, 11) is 0. The minimum absolute atomic E-state index is 0.163. The Hall–Kier alpha value is -1.30. The zero-order chi connectivity index (χ0) is 16.3. The van der Waals surface area contributed by atoms with Crippen LogP contribution in [-0.2, 0) is 9.53 Å². The van der Waals surface area contributed by atoms with Gasteiger partial charge in [0.2, 0.25) is 0 Å². The highest BCUT2D eigenvalue weighted by atomic mass is 16.5. The van der Waals surface area contributed by atoms with Gasteiger partial charge < -0.3 is 20.5 Å². The molecule has 0 aliphatic heterocycles. The van der Waals surface area contributed by atoms with E-state index < -0.39 is 11.9 Å². The number of carbonyl (C=O) groups is 2. The number of unbranched alkanes of at least 4 members (excludes halogenated alkanes) is 1. The van der Waals surface area contributed by atoms with Crippen LogP contribution in [0.2, 0.25) is 0 Å². The van der Waals surface area contributed by atoms with Gasteiger partial charge in [0.1, 0.15) is 0 Å². The van der Waals surface area contributed by atoms with Gasteiger partial charge in [0, 0.05) is 19.7 Å². The van der Waals surface area contributed by atoms with Crippen LogP contribution in [0.4, 0.5) is 4.79 Å². The molecule has 0 heterocycles. The second-order valence-electron chi connectivity index (χ2n) is 5.93. The summed E-state index contributed by atoms with van der Waals surface area (Å²) in [5, 5.41) is 14.4. The molecule has 0 radical (unpaired) electrons. The fourth-order valence-corrected chi connectivity index (χ4v) is 1.87. The molecule has 0 aromatic rings. The van der Waals surface area contributed by atoms with Crippen molar-refractivity contribution in [3.05, 3.63) is 0 Å². The van der Waals surface area contributed by atoms with Crippen molar-refractivity contribution in [1.82, 2.24) is 10.6 Å². The number of carboxylic acids is 1. The molecule has 6 nitrogen and oxygen atoms in total. The summed E-state index contributed by atoms with van der Waals surface area (Å²) < 4.78 is 5.40. The first-order valence-electron chi connectivity index (χ1n) is 7.69. The van der Waals surface area contributed by atoms with Crippen LogP contribution < -0.4 is 10.6 Å². The summed E-state index contributed by atoms with van der Waals surface area (Å²) >= 11 is 0. The fraction of sp³-hybridized carbons (Fsp3) is 0.867. The summed E-state index contributed by atoms with van der Waals surface area (Å²) in [5.74, 6) is -1.11. The lowest BCUT2D eigenvalue weighted by molar-refractivity contribution is -0.142. The quantitative estimate of drug-likeness (QED) is 0.511. The van der Waals surface area contributed by atoms with Crippen LogP contribution >= 0.6 is 0 Å². The standard InChI is InChI=1S/C15H30N2O4/c1-11(2)9-13(14(18)19)10-17-15(20)16-7-5-6-8-21-12(3)4/h11-13H,5-10H2,1-4H3,(H,18,19)(H2,16,17,20). The molecule has 0 fully saturated rings. The van der Waals surface area contributed by atoms with Gasteiger partial charge >= 0.3 is 12.0 Å². The zero-order valence-corrected chi connectivity index (χ0v) is 13.6. The average molecular weight is 302 g/mol. The SMILES string of the molecule is CC(C)CC(CNC(=O)NCCCCOC(C)C)C(=O)O. The first kappa shape index (κ1) is 19.7. The Balaban J connectivity index is 3.71. The van der Waals surface area contributed by atoms with E-state index in [4.69, 9.17) is 9.84 Å². The maximum Gasteiger partial charge on any atom is 0.314 e. The number of ether oxygens (including phenoxy) is 1. The predicted molar refractivity (Wildman–Crippen MR) is 82.3 cm³/mol. The number of amides is 2. The molecule has 0 aliphatic rings. The summed E-state index contributed by atoms with van der Waals surface area (Å²) in [4.78, 5) is 22.6. The highest BCUT2D eigenvalue weighted by Crippen LogP contribution is 2.10. The van der Waals surface area contributed by atoms with Crippen LogP contribution in [0.1, 0.15) is 47.0 Å². The number of urea groups is 1. The predicted octanol–water partition coefficient (Wildman–Crippen LogP) is 2.24. The number of hydrogen-bond acceptors (Lipinski definition) is 3. The number of hydrogen-bond donors (Lipinski definition) is 3. The Labute approximate surface area is 127 Å². The Bertz CT molecular complexity index is 306. The van der Waals surface area contributed by atoms with E-state index in [1.807, 2.05) is 27.7 Å². The lowest BCUT2D eigenvalue weighted by atomic mass is 9.97. The summed E-state index contributed by atoms with van der Waals surface area (Å²) in [6, 6.07) is -0.310. The molecule has 0 aromatic carbocycles. The monoisotopic (exact) mass is 302 g/mol. The zero-order valence-electron chi connectivity index (χ0n) is 13.6. The molecule has 0 spiro atoms. The Morgan fingerprint density at radius 2 is 1.76 bits per heavy atom. The van der Waals surface area contributed by atoms with Crippen molar-refractivity contribution in [3.8, 4) is 0 Å². The van der Waals surface area contributed by atoms with Gasteiger partial charge in [-0.1, -0.05) is 13.8 Å². The van der Waals surface area contributed by atoms with Gasteiger partial charge in [0.25, 0.3) is 0 Å². The highest BCUT2D eigenvalue weighted by Gasteiger charge is 2.19. The summed E-state index contributed by atoms with van der Waals surface area (Å²) in [6.07, 6.45) is 2.52. The molecule has 0 saturated heterocycles. The molecule has 0 bridgehead atoms. The van der Waals surface area contributed by atoms with Crippen molar-refractivity contribution < 1.29 is 19.4 Å². The van der Waals surface area contributed by atoms with Crippen LogP contribution in [0.3, 0.4) is 0 Å². The van der Waals surface area contributed by atoms with Crippen molar-refractivity contribution in [2.45, 2.75) is 53.1 Å². The van der Waals surface area contributed by atoms with Crippen LogP contribution in [0.15, 0.2) is 0 Å². The third-order valence-electron chi connectivity index (χ3n) is 2.92. The Kier molecular flexibility index (Phi) is 10.7. The van der Waals surface area contributed by atoms with Crippen molar-refractivity contribution in [3.63, 3.8) is 0 Å². The minimum atomic E-state index is -0.866. The van der Waals surface area contributed by atoms with Crippen LogP contribution in [0, 0.1) is 11.8 Å². The van der Waals surface area contributed by atoms with Crippen molar-refractivity contribution in [2.24, 2.45) is 11.8 Å². The molecule has 0 rings (SSSR count). The second-order valence-corrected chi connectivity index (χ2v) is 5.93. The number of carboxylic acid groups (broad SMARTS) is 1. The van der Waals surface area contributed by atoms with E-state index in [2.05, 4.69) is 10.6 Å². The van der Waals surface area contributed by atoms with Gasteiger partial charge in [-0.25, -0.2) is 4.79 Å². The lowest BCUT2D eigenvalue weighted by Crippen LogP contribution is -2.40. The van der Waals surface area contributed by atoms with E-state index in [0.717, 1.165) is 12.8 Å². The van der Waals surface area contributed by atoms with E-state index in [9.17, 15) is 9.59 Å². The Morgan fingerprint density at radius 1 is 1.10 bits per heavy atom. The number of nitrogens with one attached hydrogen (secondary N) is 2. The molecule has 124 valence electrons. The van der Waals surface area contributed by atoms with E-state index in [1.54, 1.807) is 0 Å². The molecule has 6 heteroatoms. The van der Waals surface area contributed by atoms with Gasteiger partial charge in [0.15, 0.2) is 0 Å². The smallest absolute Gasteiger partial charge is 0.314 e. The van der Waals surface area contributed by atoms with Crippen LogP contribution in [0.25, 0.3) is 0 Å². The first-order chi connectivity index (χ1) is 9.82. The molecular weight excluding hydrogens is 272 g/mol. The lowest BCUT2D eigenvalue weighted by Gasteiger charge is -2.15. The third kappa shape index (κ3) is 12.2. The van der Waals surface area contributed by atoms with E-state index in [-0.39, 0.29) is 24.6 Å². The van der Waals surface area contributed by atoms with Crippen molar-refractivity contribution in [2.75, 3.05) is 19.7 Å². The normalized spacial score (nSPS) is 12.5. The molecule has 2 amide bonds. The van der Waals surface area contributed by atoms with Crippen molar-refractivity contribution in [1.29, 1.82) is 0 Å². The largest absolute Gasteiger partial charge is 0.481 e. The third-order valence-corrected chi connectivity index (χ3v) is 2.92. The van der Waals surface area contributed by atoms with Gasteiger partial charge in [-0.15, -0.1) is 0 Å². The molecular formula is C15H30N2O4. The molecule has 0 aromatic heterocycles. The molecule has 0 saturated carbocycles. The molecule has 21 heavy (non-hydrogen) atoms. The average Bonchev–Trinajstić information content (AvgIpc) is 2.37. The van der Waals surface area contributed by atoms with Gasteiger partial charge in [-0.2, -0.15) is 0 Å². The van der Waals surface area contributed by atoms with Crippen LogP contribution in [0.5, 0.6) is 0 Å². The van der Waals surface area contributed by atoms with Gasteiger partial charge in [-0.3, -0.25) is 4.79 Å². The van der Waals surface area contributed by atoms with Gasteiger partial charge in [0.05, 0.1) is 12.0 Å². The fourth-order valence-electron chi connectivity index (χ4n) is 1.87. The second kappa shape index (κ2) is 11.4. The van der Waals surface area contributed by atoms with Crippen molar-refractivity contribution >= 4 is 12.0 Å². The number of aliphatic carboxylic acids is 1. The number of carbonyl (C=O) groups excluding carboxylic acids is 1. The first-order valence-corrected chi connectivity index (χ1v) is 7.69.